The summed E-state index contributed by atoms with van der Waals surface area (Å²) in [7, 11) is 0. The van der Waals surface area contributed by atoms with Crippen LogP contribution in [-0.4, -0.2) is 34.9 Å². The topological polar surface area (TPSA) is 62.1 Å². The average Bonchev–Trinajstić information content (AvgIpc) is 2.82. The number of hydrogen-bond acceptors (Lipinski definition) is 2. The van der Waals surface area contributed by atoms with E-state index in [1.165, 1.54) is 22.2 Å². The number of aromatic amines is 1. The van der Waals surface area contributed by atoms with Crippen LogP contribution < -0.4 is 5.73 Å². The van der Waals surface area contributed by atoms with Crippen LogP contribution in [0.2, 0.25) is 0 Å². The summed E-state index contributed by atoms with van der Waals surface area (Å²) in [5.74, 6) is 0.342. The van der Waals surface area contributed by atoms with Crippen LogP contribution in [0.5, 0.6) is 0 Å². The van der Waals surface area contributed by atoms with E-state index in [4.69, 9.17) is 5.73 Å². The first kappa shape index (κ1) is 14.1. The number of nitrogens with one attached hydrogen (secondary N) is 1. The summed E-state index contributed by atoms with van der Waals surface area (Å²) in [5, 5.41) is 1.34. The summed E-state index contributed by atoms with van der Waals surface area (Å²) in [6.45, 7) is 5.94. The van der Waals surface area contributed by atoms with Gasteiger partial charge in [-0.3, -0.25) is 9.69 Å². The molecule has 1 aliphatic heterocycles. The largest absolute Gasteiger partial charge is 0.368 e. The van der Waals surface area contributed by atoms with Crippen molar-refractivity contribution in [2.24, 2.45) is 5.73 Å². The first-order chi connectivity index (χ1) is 10.1. The van der Waals surface area contributed by atoms with Gasteiger partial charge in [0.25, 0.3) is 0 Å². The number of aryl methyl sites for hydroxylation is 1. The van der Waals surface area contributed by atoms with Crippen LogP contribution in [-0.2, 0) is 4.79 Å². The third-order valence-corrected chi connectivity index (χ3v) is 4.84. The SMILES string of the molecule is Cc1[nH]c2ccccc2c1C1CCN(C(C)C(N)=O)CC1. The van der Waals surface area contributed by atoms with Crippen LogP contribution in [0.4, 0.5) is 0 Å². The molecule has 3 N–H and O–H groups in total. The van der Waals surface area contributed by atoms with Gasteiger partial charge < -0.3 is 10.7 Å². The van der Waals surface area contributed by atoms with Gasteiger partial charge in [0.15, 0.2) is 0 Å². The number of benzene rings is 1. The van der Waals surface area contributed by atoms with Crippen molar-refractivity contribution in [3.8, 4) is 0 Å². The minimum atomic E-state index is -0.225. The quantitative estimate of drug-likeness (QED) is 0.910. The summed E-state index contributed by atoms with van der Waals surface area (Å²) >= 11 is 0. The molecule has 112 valence electrons. The monoisotopic (exact) mass is 285 g/mol. The molecule has 1 aromatic heterocycles. The van der Waals surface area contributed by atoms with E-state index in [2.05, 4.69) is 41.1 Å². The number of primary amides is 1. The highest BCUT2D eigenvalue weighted by atomic mass is 16.1. The summed E-state index contributed by atoms with van der Waals surface area (Å²) in [6, 6.07) is 8.35. The second kappa shape index (κ2) is 5.53. The maximum Gasteiger partial charge on any atom is 0.234 e. The molecule has 2 aromatic rings. The third-order valence-electron chi connectivity index (χ3n) is 4.84. The molecule has 0 bridgehead atoms. The number of likely N-dealkylation sites (tertiary alicyclic amines) is 1. The van der Waals surface area contributed by atoms with Crippen molar-refractivity contribution >= 4 is 16.8 Å². The maximum absolute atomic E-state index is 11.3. The molecule has 1 atom stereocenters. The highest BCUT2D eigenvalue weighted by molar-refractivity contribution is 5.85. The summed E-state index contributed by atoms with van der Waals surface area (Å²) in [6.07, 6.45) is 2.17. The number of aromatic nitrogens is 1. The molecule has 1 aromatic carbocycles. The van der Waals surface area contributed by atoms with Gasteiger partial charge in [0.1, 0.15) is 0 Å². The Kier molecular flexibility index (Phi) is 3.72. The van der Waals surface area contributed by atoms with E-state index in [1.807, 2.05) is 6.92 Å². The van der Waals surface area contributed by atoms with Crippen molar-refractivity contribution in [1.82, 2.24) is 9.88 Å². The number of carbonyl (C=O) groups is 1. The zero-order valence-corrected chi connectivity index (χ0v) is 12.7. The fraction of sp³-hybridized carbons (Fsp3) is 0.471. The van der Waals surface area contributed by atoms with E-state index >= 15 is 0 Å². The number of hydrogen-bond donors (Lipinski definition) is 2. The van der Waals surface area contributed by atoms with Gasteiger partial charge in [-0.25, -0.2) is 0 Å². The molecule has 4 heteroatoms. The Balaban J connectivity index is 1.80. The van der Waals surface area contributed by atoms with Crippen molar-refractivity contribution in [2.45, 2.75) is 38.6 Å². The van der Waals surface area contributed by atoms with Gasteiger partial charge in [-0.2, -0.15) is 0 Å². The number of fused-ring (bicyclic) bond motifs is 1. The lowest BCUT2D eigenvalue weighted by Crippen LogP contribution is -2.46. The molecule has 1 unspecified atom stereocenters. The predicted octanol–water partition coefficient (Wildman–Crippen LogP) is 2.53. The van der Waals surface area contributed by atoms with Crippen LogP contribution in [0.25, 0.3) is 10.9 Å². The molecular formula is C17H23N3O. The fourth-order valence-electron chi connectivity index (χ4n) is 3.58. The molecule has 1 amide bonds. The Morgan fingerprint density at radius 1 is 1.33 bits per heavy atom. The van der Waals surface area contributed by atoms with Crippen LogP contribution in [0.1, 0.15) is 36.9 Å². The second-order valence-electron chi connectivity index (χ2n) is 6.10. The first-order valence-corrected chi connectivity index (χ1v) is 7.68. The molecule has 0 spiro atoms. The van der Waals surface area contributed by atoms with Crippen molar-refractivity contribution in [1.29, 1.82) is 0 Å². The van der Waals surface area contributed by atoms with E-state index in [0.717, 1.165) is 25.9 Å². The van der Waals surface area contributed by atoms with Crippen LogP contribution in [0.3, 0.4) is 0 Å². The number of para-hydroxylation sites is 1. The normalized spacial score (nSPS) is 19.0. The van der Waals surface area contributed by atoms with Crippen molar-refractivity contribution in [2.75, 3.05) is 13.1 Å². The van der Waals surface area contributed by atoms with Gasteiger partial charge in [-0.05, 0) is 57.3 Å². The lowest BCUT2D eigenvalue weighted by Gasteiger charge is -2.35. The molecular weight excluding hydrogens is 262 g/mol. The van der Waals surface area contributed by atoms with E-state index < -0.39 is 0 Å². The van der Waals surface area contributed by atoms with Gasteiger partial charge >= 0.3 is 0 Å². The number of amides is 1. The van der Waals surface area contributed by atoms with Gasteiger partial charge in [0.2, 0.25) is 5.91 Å². The minimum Gasteiger partial charge on any atom is -0.368 e. The Bertz CT molecular complexity index is 653. The predicted molar refractivity (Wildman–Crippen MR) is 85.2 cm³/mol. The molecule has 2 heterocycles. The van der Waals surface area contributed by atoms with E-state index in [9.17, 15) is 4.79 Å². The number of carbonyl (C=O) groups excluding carboxylic acids is 1. The van der Waals surface area contributed by atoms with E-state index in [-0.39, 0.29) is 11.9 Å². The zero-order valence-electron chi connectivity index (χ0n) is 12.7. The molecule has 21 heavy (non-hydrogen) atoms. The van der Waals surface area contributed by atoms with E-state index in [1.54, 1.807) is 0 Å². The van der Waals surface area contributed by atoms with Gasteiger partial charge in [-0.1, -0.05) is 18.2 Å². The molecule has 0 radical (unpaired) electrons. The summed E-state index contributed by atoms with van der Waals surface area (Å²) in [5.41, 5.74) is 9.36. The number of nitrogens with zero attached hydrogens (tertiary/aromatic N) is 1. The summed E-state index contributed by atoms with van der Waals surface area (Å²) in [4.78, 5) is 17.0. The number of H-pyrrole nitrogens is 1. The van der Waals surface area contributed by atoms with Crippen LogP contribution in [0, 0.1) is 6.92 Å². The van der Waals surface area contributed by atoms with Crippen LogP contribution >= 0.6 is 0 Å². The Morgan fingerprint density at radius 2 is 2.00 bits per heavy atom. The maximum atomic E-state index is 11.3. The molecule has 0 saturated carbocycles. The van der Waals surface area contributed by atoms with Gasteiger partial charge in [0, 0.05) is 16.6 Å². The number of piperidine rings is 1. The number of rotatable bonds is 3. The Labute approximate surface area is 125 Å². The van der Waals surface area contributed by atoms with Crippen molar-refractivity contribution in [3.63, 3.8) is 0 Å². The highest BCUT2D eigenvalue weighted by Crippen LogP contribution is 2.35. The highest BCUT2D eigenvalue weighted by Gasteiger charge is 2.28. The van der Waals surface area contributed by atoms with Gasteiger partial charge in [-0.15, -0.1) is 0 Å². The standard InChI is InChI=1S/C17H23N3O/c1-11-16(14-5-3-4-6-15(14)19-11)13-7-9-20(10-8-13)12(2)17(18)21/h3-6,12-13,19H,7-10H2,1-2H3,(H2,18,21). The lowest BCUT2D eigenvalue weighted by atomic mass is 9.87. The molecule has 1 fully saturated rings. The molecule has 4 nitrogen and oxygen atoms in total. The smallest absolute Gasteiger partial charge is 0.234 e. The summed E-state index contributed by atoms with van der Waals surface area (Å²) < 4.78 is 0. The fourth-order valence-corrected chi connectivity index (χ4v) is 3.58. The Hall–Kier alpha value is -1.81. The molecule has 0 aliphatic carbocycles. The lowest BCUT2D eigenvalue weighted by molar-refractivity contribution is -0.123. The Morgan fingerprint density at radius 3 is 2.67 bits per heavy atom. The first-order valence-electron chi connectivity index (χ1n) is 7.68. The average molecular weight is 285 g/mol. The van der Waals surface area contributed by atoms with Crippen LogP contribution in [0.15, 0.2) is 24.3 Å². The van der Waals surface area contributed by atoms with Crippen molar-refractivity contribution in [3.05, 3.63) is 35.5 Å². The zero-order chi connectivity index (χ0) is 15.0. The minimum absolute atomic E-state index is 0.157. The van der Waals surface area contributed by atoms with E-state index in [0.29, 0.717) is 5.92 Å². The van der Waals surface area contributed by atoms with Gasteiger partial charge in [0.05, 0.1) is 6.04 Å². The molecule has 1 saturated heterocycles. The number of nitrogens with two attached hydrogens (primary N) is 1. The molecule has 3 rings (SSSR count). The third kappa shape index (κ3) is 2.56. The van der Waals surface area contributed by atoms with Crippen molar-refractivity contribution < 1.29 is 4.79 Å². The second-order valence-corrected chi connectivity index (χ2v) is 6.10. The molecule has 1 aliphatic rings.